The summed E-state index contributed by atoms with van der Waals surface area (Å²) >= 11 is 0. The van der Waals surface area contributed by atoms with E-state index >= 15 is 0 Å². The summed E-state index contributed by atoms with van der Waals surface area (Å²) in [5.41, 5.74) is 1.10. The second-order valence-corrected chi connectivity index (χ2v) is 9.77. The fourth-order valence-corrected chi connectivity index (χ4v) is 3.55. The van der Waals surface area contributed by atoms with Gasteiger partial charge in [-0.3, -0.25) is 9.59 Å². The van der Waals surface area contributed by atoms with Crippen molar-refractivity contribution < 1.29 is 42.9 Å². The summed E-state index contributed by atoms with van der Waals surface area (Å²) in [5, 5.41) is 0. The van der Waals surface area contributed by atoms with Crippen LogP contribution in [0.5, 0.6) is 11.5 Å². The minimum absolute atomic E-state index is 0.00203. The molecule has 3 aromatic rings. The van der Waals surface area contributed by atoms with Crippen LogP contribution in [0.2, 0.25) is 0 Å². The molecule has 0 fully saturated rings. The number of carbonyl (C=O) groups excluding carboxylic acids is 5. The molecule has 1 unspecified atom stereocenters. The Morgan fingerprint density at radius 2 is 1.18 bits per heavy atom. The van der Waals surface area contributed by atoms with Crippen LogP contribution in [0.15, 0.2) is 84.9 Å². The van der Waals surface area contributed by atoms with Gasteiger partial charge in [-0.1, -0.05) is 55.5 Å². The van der Waals surface area contributed by atoms with Crippen LogP contribution in [0.3, 0.4) is 0 Å². The van der Waals surface area contributed by atoms with Crippen molar-refractivity contribution in [3.8, 4) is 11.5 Å². The molecule has 9 nitrogen and oxygen atoms in total. The number of rotatable bonds is 13. The van der Waals surface area contributed by atoms with Gasteiger partial charge in [-0.25, -0.2) is 4.79 Å². The summed E-state index contributed by atoms with van der Waals surface area (Å²) in [6.07, 6.45) is 1.09. The number of hydrogen-bond donors (Lipinski definition) is 0. The maximum Gasteiger partial charge on any atom is 0.338 e. The third-order valence-electron chi connectivity index (χ3n) is 5.60. The first-order chi connectivity index (χ1) is 21.1. The SMILES string of the molecule is CCCOC(=O)c1ccc(OC(=O)C(CC(C)=O)Cc2ccc(OC(=O)CCC(C)=O)cc2)cc1.COC.c1ccccc1. The smallest absolute Gasteiger partial charge is 0.338 e. The molecule has 0 aromatic heterocycles. The molecule has 0 amide bonds. The van der Waals surface area contributed by atoms with Crippen LogP contribution < -0.4 is 9.47 Å². The highest BCUT2D eigenvalue weighted by Gasteiger charge is 2.23. The zero-order chi connectivity index (χ0) is 32.7. The first-order valence-electron chi connectivity index (χ1n) is 14.3. The van der Waals surface area contributed by atoms with Gasteiger partial charge < -0.3 is 28.5 Å². The van der Waals surface area contributed by atoms with Gasteiger partial charge >= 0.3 is 17.9 Å². The Kier molecular flexibility index (Phi) is 18.7. The minimum Gasteiger partial charge on any atom is -0.462 e. The molecule has 0 N–H and O–H groups in total. The van der Waals surface area contributed by atoms with Crippen LogP contribution >= 0.6 is 0 Å². The predicted molar refractivity (Wildman–Crippen MR) is 167 cm³/mol. The highest BCUT2D eigenvalue weighted by atomic mass is 16.5. The highest BCUT2D eigenvalue weighted by Crippen LogP contribution is 2.21. The lowest BCUT2D eigenvalue weighted by molar-refractivity contribution is -0.141. The molecule has 0 radical (unpaired) electrons. The van der Waals surface area contributed by atoms with Crippen LogP contribution in [0, 0.1) is 5.92 Å². The number of carbonyl (C=O) groups is 5. The van der Waals surface area contributed by atoms with Gasteiger partial charge in [0.2, 0.25) is 0 Å². The van der Waals surface area contributed by atoms with Crippen LogP contribution in [0.4, 0.5) is 0 Å². The van der Waals surface area contributed by atoms with Gasteiger partial charge in [-0.2, -0.15) is 0 Å². The zero-order valence-electron chi connectivity index (χ0n) is 26.1. The minimum atomic E-state index is -0.717. The quantitative estimate of drug-likeness (QED) is 0.165. The molecule has 0 spiro atoms. The maximum atomic E-state index is 12.8. The van der Waals surface area contributed by atoms with E-state index in [1.54, 1.807) is 38.5 Å². The van der Waals surface area contributed by atoms with E-state index in [1.165, 1.54) is 38.1 Å². The fraction of sp³-hybridized carbons (Fsp3) is 0.343. The lowest BCUT2D eigenvalue weighted by Gasteiger charge is -2.15. The molecule has 0 saturated heterocycles. The second-order valence-electron chi connectivity index (χ2n) is 9.77. The van der Waals surface area contributed by atoms with Crippen molar-refractivity contribution in [1.29, 1.82) is 0 Å². The van der Waals surface area contributed by atoms with Crippen LogP contribution in [0.1, 0.15) is 62.4 Å². The van der Waals surface area contributed by atoms with E-state index < -0.39 is 23.8 Å². The van der Waals surface area contributed by atoms with Crippen molar-refractivity contribution in [2.75, 3.05) is 20.8 Å². The van der Waals surface area contributed by atoms with Crippen LogP contribution in [-0.2, 0) is 35.1 Å². The molecule has 0 heterocycles. The van der Waals surface area contributed by atoms with E-state index in [1.807, 2.05) is 43.3 Å². The Bertz CT molecular complexity index is 1260. The average molecular weight is 607 g/mol. The Hall–Kier alpha value is -4.63. The first-order valence-corrected chi connectivity index (χ1v) is 14.3. The van der Waals surface area contributed by atoms with Crippen LogP contribution in [-0.4, -0.2) is 50.3 Å². The van der Waals surface area contributed by atoms with Crippen molar-refractivity contribution in [1.82, 2.24) is 0 Å². The molecule has 0 saturated carbocycles. The largest absolute Gasteiger partial charge is 0.462 e. The summed E-state index contributed by atoms with van der Waals surface area (Å²) in [6, 6.07) is 24.6. The van der Waals surface area contributed by atoms with E-state index in [4.69, 9.17) is 14.2 Å². The number of benzene rings is 3. The van der Waals surface area contributed by atoms with E-state index in [0.717, 1.165) is 5.56 Å². The van der Waals surface area contributed by atoms with Crippen molar-refractivity contribution in [3.63, 3.8) is 0 Å². The second kappa shape index (κ2) is 22.0. The zero-order valence-corrected chi connectivity index (χ0v) is 26.1. The Labute approximate surface area is 259 Å². The van der Waals surface area contributed by atoms with Gasteiger partial charge in [0.05, 0.1) is 24.5 Å². The van der Waals surface area contributed by atoms with E-state index in [0.29, 0.717) is 24.3 Å². The van der Waals surface area contributed by atoms with E-state index in [2.05, 4.69) is 4.74 Å². The number of esters is 3. The summed E-state index contributed by atoms with van der Waals surface area (Å²) in [7, 11) is 3.25. The maximum absolute atomic E-state index is 12.8. The summed E-state index contributed by atoms with van der Waals surface area (Å²) < 4.78 is 20.0. The third-order valence-corrected chi connectivity index (χ3v) is 5.60. The van der Waals surface area contributed by atoms with Gasteiger partial charge in [-0.15, -0.1) is 0 Å². The number of ether oxygens (including phenoxy) is 4. The molecule has 0 bridgehead atoms. The highest BCUT2D eigenvalue weighted by molar-refractivity contribution is 5.89. The van der Waals surface area contributed by atoms with Crippen LogP contribution in [0.25, 0.3) is 0 Å². The Balaban J connectivity index is 0.000000925. The van der Waals surface area contributed by atoms with E-state index in [9.17, 15) is 24.0 Å². The lowest BCUT2D eigenvalue weighted by atomic mass is 9.94. The standard InChI is InChI=1S/C27H30O8.C6H6.C2H6O/c1-4-15-33-26(31)21-8-12-24(13-9-21)35-27(32)22(16-19(3)29)17-20-6-10-23(11-7-20)34-25(30)14-5-18(2)28;1-2-4-6-5-3-1;1-3-2/h6-13,22H,4-5,14-17H2,1-3H3;1-6H;1-2H3. The number of hydrogen-bond acceptors (Lipinski definition) is 9. The molecule has 0 aliphatic rings. The normalized spacial score (nSPS) is 10.5. The molecule has 0 aliphatic carbocycles. The first kappa shape index (κ1) is 37.4. The number of Topliss-reactive ketones (excluding diaryl/α,β-unsaturated/α-hetero) is 2. The summed E-state index contributed by atoms with van der Waals surface area (Å²) in [6.45, 7) is 5.03. The molecule has 3 aromatic carbocycles. The van der Waals surface area contributed by atoms with Crippen molar-refractivity contribution in [2.24, 2.45) is 5.92 Å². The predicted octanol–water partition coefficient (Wildman–Crippen LogP) is 6.22. The van der Waals surface area contributed by atoms with Gasteiger partial charge in [0, 0.05) is 27.1 Å². The number of methoxy groups -OCH3 is 1. The summed E-state index contributed by atoms with van der Waals surface area (Å²) in [5.74, 6) is -1.91. The van der Waals surface area contributed by atoms with E-state index in [-0.39, 0.29) is 43.0 Å². The number of ketones is 2. The van der Waals surface area contributed by atoms with Crippen molar-refractivity contribution in [2.45, 2.75) is 52.9 Å². The molecule has 9 heteroatoms. The molecule has 3 rings (SSSR count). The average Bonchev–Trinajstić information content (AvgIpc) is 3.01. The molecular formula is C35H42O9. The lowest BCUT2D eigenvalue weighted by Crippen LogP contribution is -2.24. The van der Waals surface area contributed by atoms with Crippen molar-refractivity contribution >= 4 is 29.5 Å². The van der Waals surface area contributed by atoms with Gasteiger partial charge in [0.1, 0.15) is 23.1 Å². The molecule has 0 aliphatic heterocycles. The van der Waals surface area contributed by atoms with Gasteiger partial charge in [0.15, 0.2) is 0 Å². The molecule has 44 heavy (non-hydrogen) atoms. The van der Waals surface area contributed by atoms with Crippen molar-refractivity contribution in [3.05, 3.63) is 96.1 Å². The summed E-state index contributed by atoms with van der Waals surface area (Å²) in [4.78, 5) is 59.2. The Morgan fingerprint density at radius 1 is 0.682 bits per heavy atom. The Morgan fingerprint density at radius 3 is 1.66 bits per heavy atom. The topological polar surface area (TPSA) is 122 Å². The van der Waals surface area contributed by atoms with Gasteiger partial charge in [0.25, 0.3) is 0 Å². The molecule has 236 valence electrons. The van der Waals surface area contributed by atoms with Gasteiger partial charge in [-0.05, 0) is 68.7 Å². The molecular weight excluding hydrogens is 564 g/mol. The molecule has 1 atom stereocenters. The fourth-order valence-electron chi connectivity index (χ4n) is 3.55. The monoisotopic (exact) mass is 606 g/mol. The third kappa shape index (κ3) is 16.7.